The molecule has 1 heterocycles. The van der Waals surface area contributed by atoms with Crippen molar-refractivity contribution in [3.63, 3.8) is 0 Å². The van der Waals surface area contributed by atoms with Crippen LogP contribution in [0.2, 0.25) is 10.0 Å². The fraction of sp³-hybridized carbons (Fsp3) is 0. The number of hydrogen-bond donors (Lipinski definition) is 1. The van der Waals surface area contributed by atoms with Crippen molar-refractivity contribution < 1.29 is 4.39 Å². The van der Waals surface area contributed by atoms with E-state index in [1.165, 1.54) is 12.3 Å². The molecule has 6 heteroatoms. The first-order chi connectivity index (χ1) is 10.6. The van der Waals surface area contributed by atoms with Crippen molar-refractivity contribution in [1.82, 2.24) is 4.98 Å². The highest BCUT2D eigenvalue weighted by Gasteiger charge is 2.04. The van der Waals surface area contributed by atoms with E-state index in [2.05, 4.69) is 15.5 Å². The summed E-state index contributed by atoms with van der Waals surface area (Å²) in [5.74, 6) is -0.426. The van der Waals surface area contributed by atoms with Crippen LogP contribution in [0, 0.1) is 5.82 Å². The summed E-state index contributed by atoms with van der Waals surface area (Å²) in [6.45, 7) is 0. The van der Waals surface area contributed by atoms with Crippen LogP contribution in [0.25, 0.3) is 10.9 Å². The zero-order chi connectivity index (χ0) is 15.5. The van der Waals surface area contributed by atoms with Crippen molar-refractivity contribution in [3.8, 4) is 0 Å². The van der Waals surface area contributed by atoms with Gasteiger partial charge in [0.1, 0.15) is 5.82 Å². The Kier molecular flexibility index (Phi) is 4.22. The number of benzene rings is 2. The Morgan fingerprint density at radius 1 is 1.14 bits per heavy atom. The predicted octanol–water partition coefficient (Wildman–Crippen LogP) is 5.13. The Morgan fingerprint density at radius 2 is 2.00 bits per heavy atom. The molecular weight excluding hydrogens is 324 g/mol. The Bertz CT molecular complexity index is 845. The van der Waals surface area contributed by atoms with E-state index in [-0.39, 0.29) is 5.56 Å². The fourth-order valence-electron chi connectivity index (χ4n) is 2.02. The molecule has 3 aromatic rings. The van der Waals surface area contributed by atoms with Crippen LogP contribution in [-0.4, -0.2) is 11.2 Å². The maximum atomic E-state index is 13.6. The van der Waals surface area contributed by atoms with Crippen LogP contribution in [0.1, 0.15) is 5.56 Å². The maximum absolute atomic E-state index is 13.6. The molecule has 0 radical (unpaired) electrons. The fourth-order valence-corrected chi connectivity index (χ4v) is 2.40. The topological polar surface area (TPSA) is 37.3 Å². The van der Waals surface area contributed by atoms with Gasteiger partial charge < -0.3 is 0 Å². The first-order valence-electron chi connectivity index (χ1n) is 6.42. The lowest BCUT2D eigenvalue weighted by atomic mass is 10.2. The predicted molar refractivity (Wildman–Crippen MR) is 89.4 cm³/mol. The minimum absolute atomic E-state index is 0.234. The normalized spacial score (nSPS) is 11.2. The lowest BCUT2D eigenvalue weighted by molar-refractivity contribution is 0.626. The second-order valence-electron chi connectivity index (χ2n) is 4.53. The lowest BCUT2D eigenvalue weighted by Gasteiger charge is -2.05. The van der Waals surface area contributed by atoms with E-state index in [0.717, 1.165) is 16.6 Å². The second kappa shape index (κ2) is 6.30. The van der Waals surface area contributed by atoms with Gasteiger partial charge in [-0.25, -0.2) is 4.39 Å². The van der Waals surface area contributed by atoms with Crippen LogP contribution < -0.4 is 5.43 Å². The van der Waals surface area contributed by atoms with E-state index in [0.29, 0.717) is 10.0 Å². The van der Waals surface area contributed by atoms with E-state index >= 15 is 0 Å². The van der Waals surface area contributed by atoms with Crippen molar-refractivity contribution >= 4 is 46.0 Å². The third-order valence-electron chi connectivity index (χ3n) is 3.08. The molecule has 2 aromatic carbocycles. The minimum Gasteiger partial charge on any atom is -0.278 e. The summed E-state index contributed by atoms with van der Waals surface area (Å²) < 4.78 is 13.6. The molecule has 0 aliphatic carbocycles. The molecule has 1 aromatic heterocycles. The Balaban J connectivity index is 1.90. The van der Waals surface area contributed by atoms with E-state index in [9.17, 15) is 4.39 Å². The monoisotopic (exact) mass is 333 g/mol. The summed E-state index contributed by atoms with van der Waals surface area (Å²) >= 11 is 11.9. The number of hydrogen-bond acceptors (Lipinski definition) is 3. The van der Waals surface area contributed by atoms with Crippen LogP contribution in [0.4, 0.5) is 10.1 Å². The smallest absolute Gasteiger partial charge is 0.133 e. The average molecular weight is 334 g/mol. The van der Waals surface area contributed by atoms with Crippen molar-refractivity contribution in [2.75, 3.05) is 5.43 Å². The summed E-state index contributed by atoms with van der Waals surface area (Å²) in [7, 11) is 0. The van der Waals surface area contributed by atoms with Gasteiger partial charge in [-0.3, -0.25) is 10.4 Å². The summed E-state index contributed by atoms with van der Waals surface area (Å²) in [6.07, 6.45) is 2.99. The van der Waals surface area contributed by atoms with Gasteiger partial charge in [-0.2, -0.15) is 5.10 Å². The second-order valence-corrected chi connectivity index (χ2v) is 5.37. The highest BCUT2D eigenvalue weighted by atomic mass is 35.5. The SMILES string of the molecule is Fc1cccc(Cl)c1/C=N/Nc1ccnc2cc(Cl)ccc12. The molecule has 1 N–H and O–H groups in total. The van der Waals surface area contributed by atoms with Crippen molar-refractivity contribution in [1.29, 1.82) is 0 Å². The number of nitrogens with one attached hydrogen (secondary N) is 1. The van der Waals surface area contributed by atoms with Gasteiger partial charge in [0.2, 0.25) is 0 Å². The van der Waals surface area contributed by atoms with Gasteiger partial charge >= 0.3 is 0 Å². The zero-order valence-corrected chi connectivity index (χ0v) is 12.7. The maximum Gasteiger partial charge on any atom is 0.133 e. The first kappa shape index (κ1) is 14.8. The third-order valence-corrected chi connectivity index (χ3v) is 3.65. The Hall–Kier alpha value is -2.17. The van der Waals surface area contributed by atoms with Crippen molar-refractivity contribution in [2.24, 2.45) is 5.10 Å². The molecule has 0 atom stereocenters. The summed E-state index contributed by atoms with van der Waals surface area (Å²) in [5.41, 5.74) is 4.59. The number of fused-ring (bicyclic) bond motifs is 1. The Labute approximate surface area is 136 Å². The summed E-state index contributed by atoms with van der Waals surface area (Å²) in [4.78, 5) is 4.24. The van der Waals surface area contributed by atoms with Gasteiger partial charge in [0, 0.05) is 22.2 Å². The molecule has 3 nitrogen and oxygen atoms in total. The van der Waals surface area contributed by atoms with E-state index < -0.39 is 5.82 Å². The molecule has 110 valence electrons. The van der Waals surface area contributed by atoms with Crippen LogP contribution in [0.5, 0.6) is 0 Å². The number of hydrazone groups is 1. The molecule has 0 fully saturated rings. The number of pyridine rings is 1. The number of anilines is 1. The van der Waals surface area contributed by atoms with Crippen LogP contribution in [-0.2, 0) is 0 Å². The zero-order valence-electron chi connectivity index (χ0n) is 11.2. The quantitative estimate of drug-likeness (QED) is 0.533. The van der Waals surface area contributed by atoms with Crippen molar-refractivity contribution in [2.45, 2.75) is 0 Å². The summed E-state index contributed by atoms with van der Waals surface area (Å²) in [6, 6.07) is 11.6. The number of rotatable bonds is 3. The molecule has 22 heavy (non-hydrogen) atoms. The number of nitrogens with zero attached hydrogens (tertiary/aromatic N) is 2. The highest BCUT2D eigenvalue weighted by molar-refractivity contribution is 6.33. The molecule has 0 saturated carbocycles. The van der Waals surface area contributed by atoms with Crippen LogP contribution in [0.3, 0.4) is 0 Å². The Morgan fingerprint density at radius 3 is 2.82 bits per heavy atom. The minimum atomic E-state index is -0.426. The van der Waals surface area contributed by atoms with Gasteiger partial charge in [0.25, 0.3) is 0 Å². The molecule has 0 unspecified atom stereocenters. The van der Waals surface area contributed by atoms with E-state index in [1.54, 1.807) is 36.5 Å². The molecule has 0 saturated heterocycles. The average Bonchev–Trinajstić information content (AvgIpc) is 2.50. The van der Waals surface area contributed by atoms with Gasteiger partial charge in [-0.05, 0) is 36.4 Å². The molecule has 3 rings (SSSR count). The molecule has 0 bridgehead atoms. The highest BCUT2D eigenvalue weighted by Crippen LogP contribution is 2.24. The largest absolute Gasteiger partial charge is 0.278 e. The van der Waals surface area contributed by atoms with Crippen LogP contribution >= 0.6 is 23.2 Å². The van der Waals surface area contributed by atoms with Gasteiger partial charge in [0.15, 0.2) is 0 Å². The first-order valence-corrected chi connectivity index (χ1v) is 7.18. The number of aromatic nitrogens is 1. The number of halogens is 3. The standard InChI is InChI=1S/C16H10Cl2FN3/c17-10-4-5-11-15(6-7-20-16(11)8-10)22-21-9-12-13(18)2-1-3-14(12)19/h1-9H,(H,20,22)/b21-9+. The van der Waals surface area contributed by atoms with Crippen LogP contribution in [0.15, 0.2) is 53.8 Å². The summed E-state index contributed by atoms with van der Waals surface area (Å²) in [5, 5.41) is 5.82. The van der Waals surface area contributed by atoms with Gasteiger partial charge in [-0.15, -0.1) is 0 Å². The molecule has 0 aliphatic rings. The molecule has 0 aliphatic heterocycles. The van der Waals surface area contributed by atoms with Crippen molar-refractivity contribution in [3.05, 3.63) is 70.1 Å². The molecule has 0 amide bonds. The molecular formula is C16H10Cl2FN3. The van der Waals surface area contributed by atoms with Gasteiger partial charge in [-0.1, -0.05) is 29.3 Å². The van der Waals surface area contributed by atoms with E-state index in [1.807, 2.05) is 6.07 Å². The van der Waals surface area contributed by atoms with E-state index in [4.69, 9.17) is 23.2 Å². The van der Waals surface area contributed by atoms with Gasteiger partial charge in [0.05, 0.1) is 22.4 Å². The third kappa shape index (κ3) is 3.03. The molecule has 0 spiro atoms. The lowest BCUT2D eigenvalue weighted by Crippen LogP contribution is -1.95.